The van der Waals surface area contributed by atoms with Gasteiger partial charge in [-0.3, -0.25) is 24.2 Å². The summed E-state index contributed by atoms with van der Waals surface area (Å²) in [7, 11) is 0. The summed E-state index contributed by atoms with van der Waals surface area (Å²) in [6.45, 7) is 0.519. The minimum Gasteiger partial charge on any atom is -0.493 e. The summed E-state index contributed by atoms with van der Waals surface area (Å²) in [5.74, 6) is -0.753. The zero-order chi connectivity index (χ0) is 27.4. The molecule has 0 bridgehead atoms. The fraction of sp³-hybridized carbons (Fsp3) is 0.267. The van der Waals surface area contributed by atoms with Crippen molar-refractivity contribution in [2.24, 2.45) is 0 Å². The van der Waals surface area contributed by atoms with Gasteiger partial charge in [-0.05, 0) is 42.2 Å². The van der Waals surface area contributed by atoms with E-state index in [-0.39, 0.29) is 38.7 Å². The summed E-state index contributed by atoms with van der Waals surface area (Å²) < 4.78 is 11.4. The molecule has 5 rings (SSSR count). The van der Waals surface area contributed by atoms with E-state index in [9.17, 15) is 24.3 Å². The third-order valence-electron chi connectivity index (χ3n) is 6.99. The normalized spacial score (nSPS) is 16.1. The number of benzene rings is 3. The molecule has 0 aliphatic carbocycles. The lowest BCUT2D eigenvalue weighted by atomic mass is 9.91. The number of ether oxygens (including phenoxy) is 2. The number of carboxylic acid groups (broad SMARTS) is 1. The number of carbonyl (C=O) groups excluding carboxylic acids is 3. The molecule has 1 atom stereocenters. The van der Waals surface area contributed by atoms with Gasteiger partial charge in [-0.2, -0.15) is 0 Å². The number of carbonyl (C=O) groups is 4. The first kappa shape index (κ1) is 26.0. The Kier molecular flexibility index (Phi) is 7.58. The minimum atomic E-state index is -1.14. The number of hydrogen-bond acceptors (Lipinski definition) is 6. The molecule has 2 aliphatic rings. The lowest BCUT2D eigenvalue weighted by molar-refractivity contribution is -0.145. The van der Waals surface area contributed by atoms with Gasteiger partial charge in [0, 0.05) is 18.5 Å². The summed E-state index contributed by atoms with van der Waals surface area (Å²) in [5, 5.41) is 9.96. The van der Waals surface area contributed by atoms with Gasteiger partial charge in [0.25, 0.3) is 11.8 Å². The highest BCUT2D eigenvalue weighted by molar-refractivity contribution is 6.21. The van der Waals surface area contributed by atoms with E-state index >= 15 is 0 Å². The smallest absolute Gasteiger partial charge is 0.407 e. The summed E-state index contributed by atoms with van der Waals surface area (Å²) in [4.78, 5) is 52.8. The summed E-state index contributed by atoms with van der Waals surface area (Å²) in [5.41, 5.74) is 3.06. The van der Waals surface area contributed by atoms with E-state index in [1.165, 1.54) is 4.90 Å². The molecule has 0 saturated heterocycles. The molecule has 0 unspecified atom stereocenters. The van der Waals surface area contributed by atoms with E-state index in [0.29, 0.717) is 35.3 Å². The fourth-order valence-electron chi connectivity index (χ4n) is 5.07. The van der Waals surface area contributed by atoms with Crippen molar-refractivity contribution in [3.8, 4) is 5.75 Å². The first-order valence-electron chi connectivity index (χ1n) is 12.8. The number of esters is 1. The van der Waals surface area contributed by atoms with Crippen LogP contribution in [0.15, 0.2) is 72.8 Å². The maximum absolute atomic E-state index is 13.0. The zero-order valence-electron chi connectivity index (χ0n) is 21.2. The van der Waals surface area contributed by atoms with Crippen LogP contribution in [0.2, 0.25) is 0 Å². The second-order valence-electron chi connectivity index (χ2n) is 9.44. The molecule has 2 aliphatic heterocycles. The van der Waals surface area contributed by atoms with Crippen LogP contribution >= 0.6 is 0 Å². The first-order chi connectivity index (χ1) is 18.9. The van der Waals surface area contributed by atoms with Gasteiger partial charge in [0.1, 0.15) is 12.4 Å². The van der Waals surface area contributed by atoms with Crippen molar-refractivity contribution in [2.75, 3.05) is 19.7 Å². The van der Waals surface area contributed by atoms with E-state index in [2.05, 4.69) is 0 Å². The van der Waals surface area contributed by atoms with E-state index in [1.54, 1.807) is 30.3 Å². The van der Waals surface area contributed by atoms with Gasteiger partial charge in [0.05, 0.1) is 30.3 Å². The number of nitrogens with zero attached hydrogens (tertiary/aromatic N) is 2. The van der Waals surface area contributed by atoms with Gasteiger partial charge in [0.2, 0.25) is 0 Å². The standard InChI is InChI=1S/C30H28N2O7/c33-26(39-19-20-8-2-1-3-9-20)14-7-17-38-25-13-6-10-21-15-16-31(30(36)37)24(27(21)25)18-32-28(34)22-11-4-5-12-23(22)29(32)35/h1-6,8-13,24H,7,14-19H2,(H,36,37)/t24-/m1/s1. The Morgan fingerprint density at radius 1 is 0.897 bits per heavy atom. The van der Waals surface area contributed by atoms with Crippen molar-refractivity contribution in [3.63, 3.8) is 0 Å². The molecule has 9 heteroatoms. The Morgan fingerprint density at radius 3 is 2.28 bits per heavy atom. The molecule has 3 aromatic rings. The van der Waals surface area contributed by atoms with E-state index in [1.807, 2.05) is 42.5 Å². The Bertz CT molecular complexity index is 1370. The van der Waals surface area contributed by atoms with Gasteiger partial charge < -0.3 is 14.6 Å². The maximum atomic E-state index is 13.0. The Hall–Kier alpha value is -4.66. The van der Waals surface area contributed by atoms with Crippen LogP contribution in [-0.2, 0) is 22.6 Å². The lowest BCUT2D eigenvalue weighted by Gasteiger charge is -2.38. The van der Waals surface area contributed by atoms with Crippen LogP contribution in [0, 0.1) is 0 Å². The van der Waals surface area contributed by atoms with Crippen LogP contribution in [-0.4, -0.2) is 58.5 Å². The SMILES string of the molecule is O=C(CCCOc1cccc2c1[C@@H](CN1C(=O)c3ccccc3C1=O)N(C(=O)O)CC2)OCc1ccccc1. The van der Waals surface area contributed by atoms with Crippen LogP contribution in [0.25, 0.3) is 0 Å². The summed E-state index contributed by atoms with van der Waals surface area (Å²) in [6.07, 6.45) is -0.0911. The Labute approximate surface area is 225 Å². The van der Waals surface area contributed by atoms with Crippen LogP contribution in [0.5, 0.6) is 5.75 Å². The zero-order valence-corrected chi connectivity index (χ0v) is 21.2. The van der Waals surface area contributed by atoms with Crippen molar-refractivity contribution in [2.45, 2.75) is 31.9 Å². The molecule has 3 aromatic carbocycles. The third kappa shape index (κ3) is 5.47. The molecular formula is C30H28N2O7. The molecule has 9 nitrogen and oxygen atoms in total. The molecular weight excluding hydrogens is 500 g/mol. The van der Waals surface area contributed by atoms with Crippen molar-refractivity contribution < 1.29 is 33.8 Å². The fourth-order valence-corrected chi connectivity index (χ4v) is 5.07. The van der Waals surface area contributed by atoms with Crippen LogP contribution in [0.1, 0.15) is 56.3 Å². The average molecular weight is 529 g/mol. The van der Waals surface area contributed by atoms with Crippen molar-refractivity contribution in [1.82, 2.24) is 9.80 Å². The van der Waals surface area contributed by atoms with Gasteiger partial charge in [-0.1, -0.05) is 54.6 Å². The molecule has 0 saturated carbocycles. The highest BCUT2D eigenvalue weighted by Gasteiger charge is 2.41. The molecule has 0 fully saturated rings. The van der Waals surface area contributed by atoms with Crippen LogP contribution in [0.4, 0.5) is 4.79 Å². The molecule has 2 heterocycles. The second-order valence-corrected chi connectivity index (χ2v) is 9.44. The van der Waals surface area contributed by atoms with Crippen molar-refractivity contribution in [1.29, 1.82) is 0 Å². The van der Waals surface area contributed by atoms with Gasteiger partial charge in [-0.25, -0.2) is 4.79 Å². The molecule has 200 valence electrons. The predicted octanol–water partition coefficient (Wildman–Crippen LogP) is 4.46. The Morgan fingerprint density at radius 2 is 1.59 bits per heavy atom. The van der Waals surface area contributed by atoms with Gasteiger partial charge >= 0.3 is 12.1 Å². The number of fused-ring (bicyclic) bond motifs is 2. The quantitative estimate of drug-likeness (QED) is 0.248. The number of amides is 3. The molecule has 1 N–H and O–H groups in total. The first-order valence-corrected chi connectivity index (χ1v) is 12.8. The monoisotopic (exact) mass is 528 g/mol. The van der Waals surface area contributed by atoms with E-state index in [4.69, 9.17) is 9.47 Å². The maximum Gasteiger partial charge on any atom is 0.407 e. The summed E-state index contributed by atoms with van der Waals surface area (Å²) >= 11 is 0. The van der Waals surface area contributed by atoms with Gasteiger partial charge in [-0.15, -0.1) is 0 Å². The molecule has 3 amide bonds. The van der Waals surface area contributed by atoms with E-state index in [0.717, 1.165) is 16.0 Å². The highest BCUT2D eigenvalue weighted by atomic mass is 16.5. The van der Waals surface area contributed by atoms with Crippen molar-refractivity contribution in [3.05, 3.63) is 101 Å². The van der Waals surface area contributed by atoms with Crippen molar-refractivity contribution >= 4 is 23.9 Å². The molecule has 0 aromatic heterocycles. The predicted molar refractivity (Wildman–Crippen MR) is 140 cm³/mol. The van der Waals surface area contributed by atoms with E-state index < -0.39 is 23.9 Å². The van der Waals surface area contributed by atoms with Crippen LogP contribution < -0.4 is 4.74 Å². The highest BCUT2D eigenvalue weighted by Crippen LogP contribution is 2.38. The average Bonchev–Trinajstić information content (AvgIpc) is 3.19. The third-order valence-corrected chi connectivity index (χ3v) is 6.99. The van der Waals surface area contributed by atoms with Crippen LogP contribution in [0.3, 0.4) is 0 Å². The minimum absolute atomic E-state index is 0.127. The number of imide groups is 1. The molecule has 0 radical (unpaired) electrons. The second kappa shape index (κ2) is 11.4. The molecule has 39 heavy (non-hydrogen) atoms. The van der Waals surface area contributed by atoms with Gasteiger partial charge in [0.15, 0.2) is 0 Å². The topological polar surface area (TPSA) is 113 Å². The number of rotatable bonds is 9. The summed E-state index contributed by atoms with van der Waals surface area (Å²) in [6, 6.07) is 20.7. The largest absolute Gasteiger partial charge is 0.493 e. The lowest BCUT2D eigenvalue weighted by Crippen LogP contribution is -2.46. The Balaban J connectivity index is 1.28. The number of hydrogen-bond donors (Lipinski definition) is 1. The molecule has 0 spiro atoms.